The van der Waals surface area contributed by atoms with E-state index in [1.807, 2.05) is 54.6 Å². The Hall–Kier alpha value is -3.31. The van der Waals surface area contributed by atoms with Gasteiger partial charge in [0, 0.05) is 11.8 Å². The van der Waals surface area contributed by atoms with Crippen LogP contribution in [0.5, 0.6) is 5.75 Å². The standard InChI is InChI=1S/C25H22N2O2S/c1-18-7-9-20(10-8-18)17-30-25-26-22-5-3-4-6-23(22)27(25)24(28)16-13-19-11-14-21(29-2)15-12-19/h3-16H,17H2,1-2H3. The third kappa shape index (κ3) is 4.47. The number of aromatic nitrogens is 2. The number of carbonyl (C=O) groups is 1. The number of hydrogen-bond donors (Lipinski definition) is 0. The van der Waals surface area contributed by atoms with Crippen LogP contribution >= 0.6 is 11.8 Å². The molecule has 1 heterocycles. The molecule has 1 aromatic heterocycles. The first-order valence-corrected chi connectivity index (χ1v) is 10.6. The normalized spacial score (nSPS) is 11.3. The first-order valence-electron chi connectivity index (χ1n) is 9.66. The van der Waals surface area contributed by atoms with Crippen molar-refractivity contribution < 1.29 is 9.53 Å². The molecule has 4 nitrogen and oxygen atoms in total. The highest BCUT2D eigenvalue weighted by molar-refractivity contribution is 7.98. The molecule has 0 saturated heterocycles. The lowest BCUT2D eigenvalue weighted by Gasteiger charge is -2.06. The molecule has 0 spiro atoms. The molecule has 0 unspecified atom stereocenters. The molecule has 0 aliphatic heterocycles. The summed E-state index contributed by atoms with van der Waals surface area (Å²) in [6.45, 7) is 2.07. The van der Waals surface area contributed by atoms with Gasteiger partial charge in [-0.2, -0.15) is 0 Å². The summed E-state index contributed by atoms with van der Waals surface area (Å²) in [7, 11) is 1.63. The van der Waals surface area contributed by atoms with Crippen LogP contribution in [-0.2, 0) is 5.75 Å². The first-order chi connectivity index (χ1) is 14.6. The minimum absolute atomic E-state index is 0.120. The predicted molar refractivity (Wildman–Crippen MR) is 123 cm³/mol. The molecule has 0 aliphatic rings. The third-order valence-corrected chi connectivity index (χ3v) is 5.78. The third-order valence-electron chi connectivity index (χ3n) is 4.77. The van der Waals surface area contributed by atoms with Gasteiger partial charge in [-0.05, 0) is 48.4 Å². The molecule has 150 valence electrons. The Bertz CT molecular complexity index is 1190. The summed E-state index contributed by atoms with van der Waals surface area (Å²) in [5, 5.41) is 0.696. The Kier molecular flexibility index (Phi) is 6.00. The fourth-order valence-electron chi connectivity index (χ4n) is 3.10. The van der Waals surface area contributed by atoms with Crippen LogP contribution in [0.1, 0.15) is 21.5 Å². The fraction of sp³-hybridized carbons (Fsp3) is 0.120. The van der Waals surface area contributed by atoms with E-state index in [0.29, 0.717) is 5.16 Å². The van der Waals surface area contributed by atoms with Crippen molar-refractivity contribution in [3.05, 3.63) is 95.6 Å². The van der Waals surface area contributed by atoms with Crippen LogP contribution in [0.25, 0.3) is 17.1 Å². The molecule has 0 radical (unpaired) electrons. The summed E-state index contributed by atoms with van der Waals surface area (Å²) in [5.41, 5.74) is 4.99. The summed E-state index contributed by atoms with van der Waals surface area (Å²) in [6, 6.07) is 23.7. The molecule has 0 aliphatic carbocycles. The van der Waals surface area contributed by atoms with Gasteiger partial charge in [0.15, 0.2) is 5.16 Å². The maximum absolute atomic E-state index is 13.1. The van der Waals surface area contributed by atoms with Gasteiger partial charge in [-0.3, -0.25) is 9.36 Å². The number of nitrogens with zero attached hydrogens (tertiary/aromatic N) is 2. The molecular weight excluding hydrogens is 392 g/mol. The van der Waals surface area contributed by atoms with Gasteiger partial charge in [0.05, 0.1) is 18.1 Å². The monoisotopic (exact) mass is 414 g/mol. The smallest absolute Gasteiger partial charge is 0.257 e. The van der Waals surface area contributed by atoms with Gasteiger partial charge in [0.1, 0.15) is 5.75 Å². The lowest BCUT2D eigenvalue weighted by molar-refractivity contribution is 0.0965. The largest absolute Gasteiger partial charge is 0.497 e. The number of allylic oxidation sites excluding steroid dienone is 1. The van der Waals surface area contributed by atoms with Crippen LogP contribution in [0.15, 0.2) is 84.0 Å². The van der Waals surface area contributed by atoms with Crippen LogP contribution < -0.4 is 4.74 Å². The van der Waals surface area contributed by atoms with Crippen molar-refractivity contribution in [1.82, 2.24) is 9.55 Å². The Balaban J connectivity index is 1.60. The molecule has 3 aromatic carbocycles. The molecule has 30 heavy (non-hydrogen) atoms. The average Bonchev–Trinajstić information content (AvgIpc) is 3.16. The minimum atomic E-state index is -0.120. The number of methoxy groups -OCH3 is 1. The van der Waals surface area contributed by atoms with Gasteiger partial charge in [0.25, 0.3) is 5.91 Å². The van der Waals surface area contributed by atoms with Crippen LogP contribution in [0, 0.1) is 6.92 Å². The maximum atomic E-state index is 13.1. The number of carbonyl (C=O) groups excluding carboxylic acids is 1. The molecule has 0 saturated carbocycles. The van der Waals surface area contributed by atoms with Gasteiger partial charge in [-0.25, -0.2) is 4.98 Å². The van der Waals surface area contributed by atoms with E-state index in [9.17, 15) is 4.79 Å². The van der Waals surface area contributed by atoms with Gasteiger partial charge in [-0.15, -0.1) is 0 Å². The highest BCUT2D eigenvalue weighted by atomic mass is 32.2. The number of fused-ring (bicyclic) bond motifs is 1. The van der Waals surface area contributed by atoms with Gasteiger partial charge in [0.2, 0.25) is 0 Å². The molecule has 0 bridgehead atoms. The minimum Gasteiger partial charge on any atom is -0.497 e. The number of aryl methyl sites for hydroxylation is 1. The Labute approximate surface area is 180 Å². The number of thioether (sulfide) groups is 1. The Morgan fingerprint density at radius 1 is 1.03 bits per heavy atom. The Morgan fingerprint density at radius 3 is 2.50 bits per heavy atom. The zero-order chi connectivity index (χ0) is 20.9. The SMILES string of the molecule is COc1ccc(C=CC(=O)n2c(SCc3ccc(C)cc3)nc3ccccc32)cc1. The number of ether oxygens (including phenoxy) is 1. The molecule has 0 atom stereocenters. The van der Waals surface area contributed by atoms with E-state index in [-0.39, 0.29) is 5.91 Å². The number of rotatable bonds is 6. The van der Waals surface area contributed by atoms with Crippen LogP contribution in [0.4, 0.5) is 0 Å². The van der Waals surface area contributed by atoms with Crippen molar-refractivity contribution in [2.75, 3.05) is 7.11 Å². The maximum Gasteiger partial charge on any atom is 0.257 e. The van der Waals surface area contributed by atoms with Crippen molar-refractivity contribution in [2.45, 2.75) is 17.8 Å². The van der Waals surface area contributed by atoms with Gasteiger partial charge in [-0.1, -0.05) is 65.9 Å². The molecule has 0 amide bonds. The van der Waals surface area contributed by atoms with E-state index in [0.717, 1.165) is 28.1 Å². The van der Waals surface area contributed by atoms with E-state index in [4.69, 9.17) is 9.72 Å². The second kappa shape index (κ2) is 9.01. The zero-order valence-electron chi connectivity index (χ0n) is 16.9. The predicted octanol–water partition coefficient (Wildman–Crippen LogP) is 6.00. The van der Waals surface area contributed by atoms with Gasteiger partial charge >= 0.3 is 0 Å². The van der Waals surface area contributed by atoms with Crippen LogP contribution in [-0.4, -0.2) is 22.6 Å². The number of hydrogen-bond acceptors (Lipinski definition) is 4. The Morgan fingerprint density at radius 2 is 1.77 bits per heavy atom. The summed E-state index contributed by atoms with van der Waals surface area (Å²) in [4.78, 5) is 17.8. The number of imidazole rings is 1. The first kappa shape index (κ1) is 20.0. The number of para-hydroxylation sites is 2. The highest BCUT2D eigenvalue weighted by Crippen LogP contribution is 2.27. The fourth-order valence-corrected chi connectivity index (χ4v) is 4.07. The summed E-state index contributed by atoms with van der Waals surface area (Å²) in [5.74, 6) is 1.42. The van der Waals surface area contributed by atoms with E-state index in [1.165, 1.54) is 11.1 Å². The lowest BCUT2D eigenvalue weighted by Crippen LogP contribution is -2.08. The summed E-state index contributed by atoms with van der Waals surface area (Å²) >= 11 is 1.57. The van der Waals surface area contributed by atoms with Crippen molar-refractivity contribution in [3.63, 3.8) is 0 Å². The molecule has 4 aromatic rings. The number of benzene rings is 3. The summed E-state index contributed by atoms with van der Waals surface area (Å²) in [6.07, 6.45) is 3.40. The van der Waals surface area contributed by atoms with Crippen molar-refractivity contribution in [2.24, 2.45) is 0 Å². The molecule has 0 fully saturated rings. The quantitative estimate of drug-likeness (QED) is 0.287. The van der Waals surface area contributed by atoms with Crippen LogP contribution in [0.2, 0.25) is 0 Å². The van der Waals surface area contributed by atoms with E-state index in [2.05, 4.69) is 31.2 Å². The molecule has 0 N–H and O–H groups in total. The van der Waals surface area contributed by atoms with Gasteiger partial charge < -0.3 is 4.74 Å². The highest BCUT2D eigenvalue weighted by Gasteiger charge is 2.15. The van der Waals surface area contributed by atoms with E-state index >= 15 is 0 Å². The average molecular weight is 415 g/mol. The topological polar surface area (TPSA) is 44.1 Å². The van der Waals surface area contributed by atoms with Crippen molar-refractivity contribution >= 4 is 34.8 Å². The second-order valence-corrected chi connectivity index (χ2v) is 7.88. The van der Waals surface area contributed by atoms with Crippen LogP contribution in [0.3, 0.4) is 0 Å². The van der Waals surface area contributed by atoms with Crippen molar-refractivity contribution in [1.29, 1.82) is 0 Å². The van der Waals surface area contributed by atoms with E-state index in [1.54, 1.807) is 29.5 Å². The zero-order valence-corrected chi connectivity index (χ0v) is 17.7. The summed E-state index contributed by atoms with van der Waals surface area (Å²) < 4.78 is 6.87. The van der Waals surface area contributed by atoms with E-state index < -0.39 is 0 Å². The lowest BCUT2D eigenvalue weighted by atomic mass is 10.2. The second-order valence-electron chi connectivity index (χ2n) is 6.94. The van der Waals surface area contributed by atoms with Crippen molar-refractivity contribution in [3.8, 4) is 5.75 Å². The molecule has 5 heteroatoms. The molecule has 4 rings (SSSR count). The molecular formula is C25H22N2O2S.